The molecule has 0 spiro atoms. The molecule has 2 aromatic rings. The van der Waals surface area contributed by atoms with Gasteiger partial charge in [-0.15, -0.1) is 0 Å². The van der Waals surface area contributed by atoms with Crippen LogP contribution in [0.5, 0.6) is 0 Å². The molecule has 3 N–H and O–H groups in total. The Hall–Kier alpha value is -2.77. The van der Waals surface area contributed by atoms with Crippen LogP contribution in [0.2, 0.25) is 5.02 Å². The summed E-state index contributed by atoms with van der Waals surface area (Å²) in [5, 5.41) is 9.88. The van der Waals surface area contributed by atoms with Crippen molar-refractivity contribution < 1.29 is 31.9 Å². The standard InChI is InChI=1S/C32H44ClFN4O6S/c1-31(2)18-23(14-17-44-31)29(22-8-10-24(33)11-9-22)32(21-39,37-30(40)43-3)20-36-28-7-5-6-27(34)26(28)13-12-25-19-35-15-16-38(25)45(4,41)42/h5-11,21,23,25,29,35-36H,12-20H2,1-4H3,(H,37,40)/t23?,25-,29-,32?/m0/s1. The molecule has 0 bridgehead atoms. The maximum absolute atomic E-state index is 15.4. The zero-order valence-electron chi connectivity index (χ0n) is 26.3. The van der Waals surface area contributed by atoms with E-state index in [9.17, 15) is 18.0 Å². The first kappa shape index (κ1) is 35.1. The number of halogens is 2. The SMILES string of the molecule is COC(=O)NC(C=O)(CNc1cccc(F)c1CC[C@H]1CNCCN1S(C)(=O)=O)[C@@H](c1ccc(Cl)cc1)C1CCOC(C)(C)C1. The molecule has 2 saturated heterocycles. The third-order valence-electron chi connectivity index (χ3n) is 8.86. The van der Waals surface area contributed by atoms with Crippen LogP contribution >= 0.6 is 11.6 Å². The van der Waals surface area contributed by atoms with Gasteiger partial charge in [-0.3, -0.25) is 0 Å². The van der Waals surface area contributed by atoms with Crippen molar-refractivity contribution in [1.82, 2.24) is 14.9 Å². The zero-order chi connectivity index (χ0) is 32.8. The molecule has 0 aromatic heterocycles. The van der Waals surface area contributed by atoms with Gasteiger partial charge in [0.05, 0.1) is 19.0 Å². The highest BCUT2D eigenvalue weighted by Crippen LogP contribution is 2.44. The third-order valence-corrected chi connectivity index (χ3v) is 10.4. The first-order chi connectivity index (χ1) is 21.3. The number of aldehydes is 1. The Morgan fingerprint density at radius 2 is 2.02 bits per heavy atom. The highest BCUT2D eigenvalue weighted by atomic mass is 35.5. The summed E-state index contributed by atoms with van der Waals surface area (Å²) in [6.07, 6.45) is 3.04. The van der Waals surface area contributed by atoms with E-state index in [2.05, 4.69) is 16.0 Å². The lowest BCUT2D eigenvalue weighted by atomic mass is 9.67. The number of benzene rings is 2. The average Bonchev–Trinajstić information content (AvgIpc) is 2.99. The van der Waals surface area contributed by atoms with Crippen molar-refractivity contribution in [3.05, 3.63) is 64.4 Å². The van der Waals surface area contributed by atoms with Crippen LogP contribution in [0.4, 0.5) is 14.9 Å². The number of carbonyl (C=O) groups is 2. The number of hydrogen-bond donors (Lipinski definition) is 3. The minimum Gasteiger partial charge on any atom is -0.453 e. The third kappa shape index (κ3) is 8.74. The van der Waals surface area contributed by atoms with Gasteiger partial charge in [-0.1, -0.05) is 29.8 Å². The topological polar surface area (TPSA) is 126 Å². The Morgan fingerprint density at radius 3 is 2.67 bits per heavy atom. The van der Waals surface area contributed by atoms with Crippen LogP contribution in [0.15, 0.2) is 42.5 Å². The van der Waals surface area contributed by atoms with Gasteiger partial charge in [-0.05, 0) is 75.3 Å². The fourth-order valence-electron chi connectivity index (χ4n) is 6.80. The largest absolute Gasteiger partial charge is 0.453 e. The van der Waals surface area contributed by atoms with E-state index >= 15 is 4.39 Å². The van der Waals surface area contributed by atoms with E-state index < -0.39 is 39.0 Å². The molecule has 2 aliphatic rings. The second-order valence-electron chi connectivity index (χ2n) is 12.6. The number of amides is 1. The van der Waals surface area contributed by atoms with E-state index in [-0.39, 0.29) is 24.9 Å². The van der Waals surface area contributed by atoms with E-state index in [0.29, 0.717) is 61.8 Å². The van der Waals surface area contributed by atoms with Gasteiger partial charge in [0.15, 0.2) is 0 Å². The molecule has 0 aliphatic carbocycles. The molecule has 4 rings (SSSR count). The molecular weight excluding hydrogens is 623 g/mol. The number of carbonyl (C=O) groups excluding carboxylic acids is 2. The van der Waals surface area contributed by atoms with Crippen molar-refractivity contribution in [2.45, 2.75) is 62.6 Å². The van der Waals surface area contributed by atoms with Crippen LogP contribution in [0.3, 0.4) is 0 Å². The van der Waals surface area contributed by atoms with E-state index in [1.165, 1.54) is 23.7 Å². The van der Waals surface area contributed by atoms with Gasteiger partial charge in [0.2, 0.25) is 10.0 Å². The first-order valence-corrected chi connectivity index (χ1v) is 17.4. The summed E-state index contributed by atoms with van der Waals surface area (Å²) < 4.78 is 52.6. The van der Waals surface area contributed by atoms with Crippen LogP contribution < -0.4 is 16.0 Å². The molecule has 248 valence electrons. The number of piperazine rings is 1. The molecule has 1 amide bonds. The lowest BCUT2D eigenvalue weighted by Crippen LogP contribution is -2.61. The molecule has 0 saturated carbocycles. The Balaban J connectivity index is 1.69. The summed E-state index contributed by atoms with van der Waals surface area (Å²) in [6, 6.07) is 11.5. The maximum atomic E-state index is 15.4. The molecule has 2 aromatic carbocycles. The van der Waals surface area contributed by atoms with Crippen LogP contribution in [-0.2, 0) is 30.7 Å². The monoisotopic (exact) mass is 666 g/mol. The molecule has 4 atom stereocenters. The van der Waals surface area contributed by atoms with Gasteiger partial charge >= 0.3 is 6.09 Å². The van der Waals surface area contributed by atoms with Gasteiger partial charge in [-0.25, -0.2) is 17.6 Å². The number of nitrogens with zero attached hydrogens (tertiary/aromatic N) is 1. The Morgan fingerprint density at radius 1 is 1.29 bits per heavy atom. The molecule has 2 unspecified atom stereocenters. The molecule has 0 radical (unpaired) electrons. The van der Waals surface area contributed by atoms with Crippen molar-refractivity contribution in [3.63, 3.8) is 0 Å². The normalized spacial score (nSPS) is 22.5. The number of methoxy groups -OCH3 is 1. The average molecular weight is 667 g/mol. The van der Waals surface area contributed by atoms with Gasteiger partial charge in [-0.2, -0.15) is 4.31 Å². The number of anilines is 1. The molecule has 2 heterocycles. The van der Waals surface area contributed by atoms with Crippen LogP contribution in [0.1, 0.15) is 50.2 Å². The smallest absolute Gasteiger partial charge is 0.407 e. The first-order valence-electron chi connectivity index (χ1n) is 15.2. The minimum atomic E-state index is -3.43. The Kier molecular flexibility index (Phi) is 11.5. The van der Waals surface area contributed by atoms with Crippen molar-refractivity contribution in [2.24, 2.45) is 5.92 Å². The van der Waals surface area contributed by atoms with E-state index in [1.807, 2.05) is 26.0 Å². The number of alkyl carbamates (subject to hydrolysis) is 1. The summed E-state index contributed by atoms with van der Waals surface area (Å²) >= 11 is 6.23. The molecular formula is C32H44ClFN4O6S. The summed E-state index contributed by atoms with van der Waals surface area (Å²) in [7, 11) is -2.19. The molecule has 2 aliphatic heterocycles. The summed E-state index contributed by atoms with van der Waals surface area (Å²) in [6.45, 7) is 5.77. The van der Waals surface area contributed by atoms with Crippen LogP contribution in [0, 0.1) is 11.7 Å². The van der Waals surface area contributed by atoms with Gasteiger partial charge in [0, 0.05) is 61.0 Å². The molecule has 2 fully saturated rings. The highest BCUT2D eigenvalue weighted by molar-refractivity contribution is 7.88. The number of hydrogen-bond acceptors (Lipinski definition) is 8. The van der Waals surface area contributed by atoms with Crippen LogP contribution in [0.25, 0.3) is 0 Å². The van der Waals surface area contributed by atoms with Gasteiger partial charge in [0.25, 0.3) is 0 Å². The predicted octanol–water partition coefficient (Wildman–Crippen LogP) is 4.34. The number of rotatable bonds is 12. The quantitative estimate of drug-likeness (QED) is 0.286. The van der Waals surface area contributed by atoms with E-state index in [4.69, 9.17) is 21.1 Å². The molecule has 45 heavy (non-hydrogen) atoms. The van der Waals surface area contributed by atoms with Crippen molar-refractivity contribution in [3.8, 4) is 0 Å². The second-order valence-corrected chi connectivity index (χ2v) is 14.9. The maximum Gasteiger partial charge on any atom is 0.407 e. The second kappa shape index (κ2) is 14.8. The predicted molar refractivity (Wildman–Crippen MR) is 173 cm³/mol. The van der Waals surface area contributed by atoms with Gasteiger partial charge < -0.3 is 30.2 Å². The van der Waals surface area contributed by atoms with Crippen LogP contribution in [-0.4, -0.2) is 88.4 Å². The zero-order valence-corrected chi connectivity index (χ0v) is 27.8. The van der Waals surface area contributed by atoms with Crippen molar-refractivity contribution >= 4 is 39.7 Å². The minimum absolute atomic E-state index is 0.0758. The fraction of sp³-hybridized carbons (Fsp3) is 0.562. The van der Waals surface area contributed by atoms with Crippen molar-refractivity contribution in [1.29, 1.82) is 0 Å². The Labute approximate surface area is 270 Å². The lowest BCUT2D eigenvalue weighted by molar-refractivity contribution is -0.117. The molecule has 10 nitrogen and oxygen atoms in total. The fourth-order valence-corrected chi connectivity index (χ4v) is 8.07. The van der Waals surface area contributed by atoms with Gasteiger partial charge in [0.1, 0.15) is 17.6 Å². The summed E-state index contributed by atoms with van der Waals surface area (Å²) in [5.74, 6) is -1.05. The molecule has 13 heteroatoms. The Bertz CT molecular complexity index is 1440. The van der Waals surface area contributed by atoms with Crippen molar-refractivity contribution in [2.75, 3.05) is 51.5 Å². The van der Waals surface area contributed by atoms with E-state index in [1.54, 1.807) is 24.3 Å². The number of sulfonamides is 1. The highest BCUT2D eigenvalue weighted by Gasteiger charge is 2.48. The number of ether oxygens (including phenoxy) is 2. The van der Waals surface area contributed by atoms with E-state index in [0.717, 1.165) is 11.8 Å². The summed E-state index contributed by atoms with van der Waals surface area (Å²) in [4.78, 5) is 26.1. The summed E-state index contributed by atoms with van der Waals surface area (Å²) in [5.41, 5.74) is -0.347. The number of nitrogens with one attached hydrogen (secondary N) is 3. The lowest BCUT2D eigenvalue weighted by Gasteiger charge is -2.46.